The third kappa shape index (κ3) is 3.56. The second-order valence-electron chi connectivity index (χ2n) is 4.77. The van der Waals surface area contributed by atoms with E-state index in [1.54, 1.807) is 0 Å². The summed E-state index contributed by atoms with van der Waals surface area (Å²) >= 11 is 0. The highest BCUT2D eigenvalue weighted by atomic mass is 16.5. The van der Waals surface area contributed by atoms with E-state index >= 15 is 0 Å². The van der Waals surface area contributed by atoms with Gasteiger partial charge in [0.05, 0.1) is 12.2 Å². The minimum absolute atomic E-state index is 0.221. The molecule has 1 rings (SSSR count). The molecule has 14 heavy (non-hydrogen) atoms. The van der Waals surface area contributed by atoms with Crippen molar-refractivity contribution in [1.29, 1.82) is 0 Å². The second-order valence-corrected chi connectivity index (χ2v) is 4.77. The standard InChI is InChI=1S/C11H23NO2/c1-9(13)11(2,3)12-8-10-6-4-5-7-14-10/h9-10,12-13H,4-8H2,1-3H3. The number of nitrogens with one attached hydrogen (secondary N) is 1. The van der Waals surface area contributed by atoms with Crippen LogP contribution in [0.25, 0.3) is 0 Å². The SMILES string of the molecule is CC(O)C(C)(C)NCC1CCCCO1. The second kappa shape index (κ2) is 5.10. The molecule has 0 radical (unpaired) electrons. The van der Waals surface area contributed by atoms with Gasteiger partial charge in [0, 0.05) is 18.7 Å². The lowest BCUT2D eigenvalue weighted by Crippen LogP contribution is -2.51. The molecular weight excluding hydrogens is 178 g/mol. The Morgan fingerprint density at radius 2 is 2.21 bits per heavy atom. The molecule has 1 heterocycles. The minimum Gasteiger partial charge on any atom is -0.392 e. The summed E-state index contributed by atoms with van der Waals surface area (Å²) in [5, 5.41) is 12.9. The van der Waals surface area contributed by atoms with Crippen LogP contribution < -0.4 is 5.32 Å². The molecular formula is C11H23NO2. The van der Waals surface area contributed by atoms with Gasteiger partial charge in [0.15, 0.2) is 0 Å². The first-order valence-electron chi connectivity index (χ1n) is 5.57. The molecule has 0 amide bonds. The zero-order valence-electron chi connectivity index (χ0n) is 9.55. The summed E-state index contributed by atoms with van der Waals surface area (Å²) in [6, 6.07) is 0. The van der Waals surface area contributed by atoms with Crippen LogP contribution in [0.2, 0.25) is 0 Å². The largest absolute Gasteiger partial charge is 0.392 e. The molecule has 1 saturated heterocycles. The van der Waals surface area contributed by atoms with Crippen molar-refractivity contribution >= 4 is 0 Å². The van der Waals surface area contributed by atoms with Gasteiger partial charge in [-0.3, -0.25) is 0 Å². The molecule has 1 aliphatic rings. The Morgan fingerprint density at radius 1 is 1.50 bits per heavy atom. The normalized spacial score (nSPS) is 26.1. The highest BCUT2D eigenvalue weighted by molar-refractivity contribution is 4.84. The summed E-state index contributed by atoms with van der Waals surface area (Å²) in [6.45, 7) is 7.58. The van der Waals surface area contributed by atoms with E-state index in [-0.39, 0.29) is 11.6 Å². The Bertz CT molecular complexity index is 163. The Morgan fingerprint density at radius 3 is 2.71 bits per heavy atom. The molecule has 2 N–H and O–H groups in total. The fraction of sp³-hybridized carbons (Fsp3) is 1.00. The quantitative estimate of drug-likeness (QED) is 0.720. The number of aliphatic hydroxyl groups excluding tert-OH is 1. The van der Waals surface area contributed by atoms with Gasteiger partial charge in [-0.2, -0.15) is 0 Å². The Kier molecular flexibility index (Phi) is 4.35. The van der Waals surface area contributed by atoms with Crippen molar-refractivity contribution in [3.05, 3.63) is 0 Å². The average Bonchev–Trinajstić information content (AvgIpc) is 2.16. The first-order chi connectivity index (χ1) is 6.52. The first-order valence-corrected chi connectivity index (χ1v) is 5.57. The van der Waals surface area contributed by atoms with Crippen LogP contribution in [0, 0.1) is 0 Å². The molecule has 0 bridgehead atoms. The third-order valence-corrected chi connectivity index (χ3v) is 3.10. The number of ether oxygens (including phenoxy) is 1. The van der Waals surface area contributed by atoms with Crippen LogP contribution in [0.4, 0.5) is 0 Å². The summed E-state index contributed by atoms with van der Waals surface area (Å²) in [5.74, 6) is 0. The van der Waals surface area contributed by atoms with E-state index in [1.807, 2.05) is 20.8 Å². The minimum atomic E-state index is -0.342. The maximum atomic E-state index is 9.51. The van der Waals surface area contributed by atoms with Gasteiger partial charge in [-0.25, -0.2) is 0 Å². The third-order valence-electron chi connectivity index (χ3n) is 3.10. The lowest BCUT2D eigenvalue weighted by atomic mass is 9.98. The van der Waals surface area contributed by atoms with E-state index in [4.69, 9.17) is 4.74 Å². The maximum absolute atomic E-state index is 9.51. The molecule has 3 nitrogen and oxygen atoms in total. The monoisotopic (exact) mass is 201 g/mol. The number of hydrogen-bond donors (Lipinski definition) is 2. The van der Waals surface area contributed by atoms with Crippen molar-refractivity contribution in [3.63, 3.8) is 0 Å². The van der Waals surface area contributed by atoms with Gasteiger partial charge in [0.25, 0.3) is 0 Å². The van der Waals surface area contributed by atoms with Crippen LogP contribution in [0.1, 0.15) is 40.0 Å². The zero-order valence-corrected chi connectivity index (χ0v) is 9.55. The van der Waals surface area contributed by atoms with Crippen molar-refractivity contribution in [3.8, 4) is 0 Å². The molecule has 0 aromatic carbocycles. The van der Waals surface area contributed by atoms with Crippen LogP contribution >= 0.6 is 0 Å². The van der Waals surface area contributed by atoms with Gasteiger partial charge in [-0.05, 0) is 40.0 Å². The number of hydrogen-bond acceptors (Lipinski definition) is 3. The zero-order chi connectivity index (χ0) is 10.6. The van der Waals surface area contributed by atoms with Crippen molar-refractivity contribution in [2.75, 3.05) is 13.2 Å². The van der Waals surface area contributed by atoms with Crippen LogP contribution in [0.3, 0.4) is 0 Å². The molecule has 0 aromatic rings. The molecule has 1 fully saturated rings. The van der Waals surface area contributed by atoms with Crippen molar-refractivity contribution in [1.82, 2.24) is 5.32 Å². The van der Waals surface area contributed by atoms with Gasteiger partial charge < -0.3 is 15.2 Å². The van der Waals surface area contributed by atoms with E-state index in [2.05, 4.69) is 5.32 Å². The highest BCUT2D eigenvalue weighted by Crippen LogP contribution is 2.14. The molecule has 0 spiro atoms. The van der Waals surface area contributed by atoms with Crippen molar-refractivity contribution in [2.24, 2.45) is 0 Å². The molecule has 0 aliphatic carbocycles. The molecule has 0 aromatic heterocycles. The summed E-state index contributed by atoms with van der Waals surface area (Å²) < 4.78 is 5.61. The van der Waals surface area contributed by atoms with Crippen LogP contribution in [-0.2, 0) is 4.74 Å². The Balaban J connectivity index is 2.24. The average molecular weight is 201 g/mol. The van der Waals surface area contributed by atoms with Gasteiger partial charge in [0.2, 0.25) is 0 Å². The predicted octanol–water partition coefficient (Wildman–Crippen LogP) is 1.30. The van der Waals surface area contributed by atoms with Crippen molar-refractivity contribution in [2.45, 2.75) is 57.8 Å². The van der Waals surface area contributed by atoms with E-state index < -0.39 is 0 Å². The Hall–Kier alpha value is -0.120. The first kappa shape index (κ1) is 12.0. The van der Waals surface area contributed by atoms with Gasteiger partial charge in [0.1, 0.15) is 0 Å². The lowest BCUT2D eigenvalue weighted by molar-refractivity contribution is 0.00542. The summed E-state index contributed by atoms with van der Waals surface area (Å²) in [6.07, 6.45) is 3.59. The Labute approximate surface area is 86.8 Å². The molecule has 84 valence electrons. The molecule has 1 aliphatic heterocycles. The van der Waals surface area contributed by atoms with Gasteiger partial charge >= 0.3 is 0 Å². The summed E-state index contributed by atoms with van der Waals surface area (Å²) in [5.41, 5.74) is -0.221. The molecule has 0 saturated carbocycles. The topological polar surface area (TPSA) is 41.5 Å². The smallest absolute Gasteiger partial charge is 0.0699 e. The molecule has 3 heteroatoms. The fourth-order valence-electron chi connectivity index (χ4n) is 1.49. The summed E-state index contributed by atoms with van der Waals surface area (Å²) in [4.78, 5) is 0. The predicted molar refractivity (Wildman–Crippen MR) is 57.4 cm³/mol. The van der Waals surface area contributed by atoms with Gasteiger partial charge in [-0.1, -0.05) is 0 Å². The molecule has 2 atom stereocenters. The number of rotatable bonds is 4. The lowest BCUT2D eigenvalue weighted by Gasteiger charge is -2.32. The molecule has 2 unspecified atom stereocenters. The fourth-order valence-corrected chi connectivity index (χ4v) is 1.49. The van der Waals surface area contributed by atoms with Crippen LogP contribution in [0.5, 0.6) is 0 Å². The summed E-state index contributed by atoms with van der Waals surface area (Å²) in [7, 11) is 0. The van der Waals surface area contributed by atoms with E-state index in [1.165, 1.54) is 12.8 Å². The van der Waals surface area contributed by atoms with E-state index in [0.29, 0.717) is 6.10 Å². The van der Waals surface area contributed by atoms with Gasteiger partial charge in [-0.15, -0.1) is 0 Å². The number of aliphatic hydroxyl groups is 1. The van der Waals surface area contributed by atoms with Crippen LogP contribution in [-0.4, -0.2) is 36.0 Å². The highest BCUT2D eigenvalue weighted by Gasteiger charge is 2.25. The van der Waals surface area contributed by atoms with E-state index in [0.717, 1.165) is 19.6 Å². The van der Waals surface area contributed by atoms with Crippen molar-refractivity contribution < 1.29 is 9.84 Å². The van der Waals surface area contributed by atoms with Crippen LogP contribution in [0.15, 0.2) is 0 Å². The maximum Gasteiger partial charge on any atom is 0.0699 e. The van der Waals surface area contributed by atoms with E-state index in [9.17, 15) is 5.11 Å².